The van der Waals surface area contributed by atoms with Crippen LogP contribution in [-0.4, -0.2) is 17.0 Å². The fourth-order valence-electron chi connectivity index (χ4n) is 1.60. The van der Waals surface area contributed by atoms with E-state index in [1.807, 2.05) is 36.4 Å². The van der Waals surface area contributed by atoms with Crippen LogP contribution in [0.5, 0.6) is 0 Å². The van der Waals surface area contributed by atoms with E-state index in [-0.39, 0.29) is 0 Å². The first-order valence-corrected chi connectivity index (χ1v) is 6.06. The van der Waals surface area contributed by atoms with Crippen LogP contribution in [0, 0.1) is 18.3 Å². The molecule has 86 valence electrons. The van der Waals surface area contributed by atoms with Gasteiger partial charge in [0.2, 0.25) is 0 Å². The monoisotopic (exact) mass is 244 g/mol. The highest BCUT2D eigenvalue weighted by molar-refractivity contribution is 7.09. The molecule has 0 unspecified atom stereocenters. The summed E-state index contributed by atoms with van der Waals surface area (Å²) in [6, 6.07) is 5.82. The van der Waals surface area contributed by atoms with E-state index in [0.717, 1.165) is 16.4 Å². The molecule has 0 radical (unpaired) electrons. The lowest BCUT2D eigenvalue weighted by Gasteiger charge is -2.18. The van der Waals surface area contributed by atoms with Crippen LogP contribution in [0.3, 0.4) is 0 Å². The Kier molecular flexibility index (Phi) is 3.35. The maximum atomic E-state index is 8.98. The Hall–Kier alpha value is -1.93. The van der Waals surface area contributed by atoms with Crippen LogP contribution in [0.2, 0.25) is 0 Å². The number of thiazole rings is 1. The minimum Gasteiger partial charge on any atom is -0.366 e. The smallest absolute Gasteiger partial charge is 0.163 e. The Bertz CT molecular complexity index is 556. The fourth-order valence-corrected chi connectivity index (χ4v) is 2.20. The molecule has 0 N–H and O–H groups in total. The van der Waals surface area contributed by atoms with Crippen LogP contribution in [0.25, 0.3) is 0 Å². The van der Waals surface area contributed by atoms with Crippen molar-refractivity contribution < 1.29 is 0 Å². The quantitative estimate of drug-likeness (QED) is 0.831. The van der Waals surface area contributed by atoms with E-state index in [1.165, 1.54) is 0 Å². The van der Waals surface area contributed by atoms with Crippen molar-refractivity contribution in [1.29, 1.82) is 5.26 Å². The molecule has 2 aromatic rings. The summed E-state index contributed by atoms with van der Waals surface area (Å²) in [4.78, 5) is 10.4. The van der Waals surface area contributed by atoms with Crippen molar-refractivity contribution in [2.24, 2.45) is 0 Å². The molecule has 5 heteroatoms. The standard InChI is InChI=1S/C12H12N4S/c1-9-15-10(8-17-9)7-16(2)12-4-3-5-14-11(12)6-13/h3-5,8H,7H2,1-2H3. The highest BCUT2D eigenvalue weighted by Crippen LogP contribution is 2.19. The van der Waals surface area contributed by atoms with Gasteiger partial charge in [0.25, 0.3) is 0 Å². The topological polar surface area (TPSA) is 52.8 Å². The summed E-state index contributed by atoms with van der Waals surface area (Å²) >= 11 is 1.63. The third kappa shape index (κ3) is 2.60. The molecule has 0 saturated heterocycles. The average Bonchev–Trinajstić information content (AvgIpc) is 2.74. The number of rotatable bonds is 3. The van der Waals surface area contributed by atoms with Crippen LogP contribution < -0.4 is 4.90 Å². The number of nitriles is 1. The summed E-state index contributed by atoms with van der Waals surface area (Å²) in [6.45, 7) is 2.67. The molecule has 2 rings (SSSR count). The van der Waals surface area contributed by atoms with Gasteiger partial charge < -0.3 is 4.90 Å². The third-order valence-corrected chi connectivity index (χ3v) is 3.19. The maximum absolute atomic E-state index is 8.98. The van der Waals surface area contributed by atoms with Gasteiger partial charge in [0.15, 0.2) is 5.69 Å². The zero-order valence-corrected chi connectivity index (χ0v) is 10.5. The molecule has 0 spiro atoms. The Morgan fingerprint density at radius 2 is 2.35 bits per heavy atom. The summed E-state index contributed by atoms with van der Waals surface area (Å²) < 4.78 is 0. The first-order chi connectivity index (χ1) is 8.20. The minimum atomic E-state index is 0.446. The highest BCUT2D eigenvalue weighted by atomic mass is 32.1. The van der Waals surface area contributed by atoms with Gasteiger partial charge in [-0.25, -0.2) is 9.97 Å². The largest absolute Gasteiger partial charge is 0.366 e. The molecular formula is C12H12N4S. The van der Waals surface area contributed by atoms with Gasteiger partial charge in [-0.1, -0.05) is 0 Å². The van der Waals surface area contributed by atoms with E-state index in [2.05, 4.69) is 16.0 Å². The molecule has 0 atom stereocenters. The molecule has 0 bridgehead atoms. The van der Waals surface area contributed by atoms with Gasteiger partial charge in [-0.05, 0) is 19.1 Å². The molecule has 0 aliphatic rings. The number of anilines is 1. The second-order valence-electron chi connectivity index (χ2n) is 3.70. The summed E-state index contributed by atoms with van der Waals surface area (Å²) in [5.74, 6) is 0. The van der Waals surface area contributed by atoms with Crippen LogP contribution >= 0.6 is 11.3 Å². The van der Waals surface area contributed by atoms with Crippen molar-refractivity contribution in [3.8, 4) is 6.07 Å². The molecule has 17 heavy (non-hydrogen) atoms. The van der Waals surface area contributed by atoms with E-state index in [9.17, 15) is 0 Å². The van der Waals surface area contributed by atoms with Crippen LogP contribution in [0.1, 0.15) is 16.4 Å². The van der Waals surface area contributed by atoms with Gasteiger partial charge >= 0.3 is 0 Å². The second kappa shape index (κ2) is 4.93. The van der Waals surface area contributed by atoms with Crippen molar-refractivity contribution in [3.05, 3.63) is 40.1 Å². The van der Waals surface area contributed by atoms with Crippen molar-refractivity contribution >= 4 is 17.0 Å². The average molecular weight is 244 g/mol. The lowest BCUT2D eigenvalue weighted by molar-refractivity contribution is 0.883. The number of hydrogen-bond acceptors (Lipinski definition) is 5. The van der Waals surface area contributed by atoms with Gasteiger partial charge in [-0.3, -0.25) is 0 Å². The molecule has 2 heterocycles. The number of aromatic nitrogens is 2. The summed E-state index contributed by atoms with van der Waals surface area (Å²) in [7, 11) is 1.94. The minimum absolute atomic E-state index is 0.446. The number of aryl methyl sites for hydroxylation is 1. The van der Waals surface area contributed by atoms with Crippen molar-refractivity contribution in [2.75, 3.05) is 11.9 Å². The summed E-state index contributed by atoms with van der Waals surface area (Å²) in [6.07, 6.45) is 1.63. The summed E-state index contributed by atoms with van der Waals surface area (Å²) in [5.41, 5.74) is 2.30. The Morgan fingerprint density at radius 3 is 3.00 bits per heavy atom. The third-order valence-electron chi connectivity index (χ3n) is 2.37. The molecule has 0 amide bonds. The second-order valence-corrected chi connectivity index (χ2v) is 4.76. The van der Waals surface area contributed by atoms with E-state index in [1.54, 1.807) is 17.5 Å². The molecule has 0 aromatic carbocycles. The maximum Gasteiger partial charge on any atom is 0.163 e. The molecule has 0 aliphatic carbocycles. The molecule has 4 nitrogen and oxygen atoms in total. The lowest BCUT2D eigenvalue weighted by atomic mass is 10.2. The van der Waals surface area contributed by atoms with Crippen molar-refractivity contribution in [1.82, 2.24) is 9.97 Å². The zero-order chi connectivity index (χ0) is 12.3. The van der Waals surface area contributed by atoms with E-state index in [4.69, 9.17) is 5.26 Å². The normalized spacial score (nSPS) is 9.94. The Morgan fingerprint density at radius 1 is 1.53 bits per heavy atom. The van der Waals surface area contributed by atoms with Gasteiger partial charge in [0.1, 0.15) is 6.07 Å². The van der Waals surface area contributed by atoms with Gasteiger partial charge in [-0.15, -0.1) is 11.3 Å². The Balaban J connectivity index is 2.20. The predicted octanol–water partition coefficient (Wildman–Crippen LogP) is 2.35. The van der Waals surface area contributed by atoms with Gasteiger partial charge in [0, 0.05) is 18.6 Å². The molecule has 0 fully saturated rings. The lowest BCUT2D eigenvalue weighted by Crippen LogP contribution is -2.18. The van der Waals surface area contributed by atoms with Crippen molar-refractivity contribution in [2.45, 2.75) is 13.5 Å². The number of nitrogens with zero attached hydrogens (tertiary/aromatic N) is 4. The molecule has 0 saturated carbocycles. The number of hydrogen-bond donors (Lipinski definition) is 0. The molecule has 2 aromatic heterocycles. The van der Waals surface area contributed by atoms with Gasteiger partial charge in [0.05, 0.1) is 22.9 Å². The van der Waals surface area contributed by atoms with Crippen LogP contribution in [0.15, 0.2) is 23.7 Å². The first-order valence-electron chi connectivity index (χ1n) is 5.18. The molecular weight excluding hydrogens is 232 g/mol. The summed E-state index contributed by atoms with van der Waals surface area (Å²) in [5, 5.41) is 12.1. The van der Waals surface area contributed by atoms with Crippen molar-refractivity contribution in [3.63, 3.8) is 0 Å². The van der Waals surface area contributed by atoms with E-state index < -0.39 is 0 Å². The number of pyridine rings is 1. The van der Waals surface area contributed by atoms with E-state index >= 15 is 0 Å². The Labute approximate surface area is 104 Å². The van der Waals surface area contributed by atoms with E-state index in [0.29, 0.717) is 12.2 Å². The SMILES string of the molecule is Cc1nc(CN(C)c2cccnc2C#N)cs1. The fraction of sp³-hybridized carbons (Fsp3) is 0.250. The van der Waals surface area contributed by atoms with Crippen LogP contribution in [0.4, 0.5) is 5.69 Å². The highest BCUT2D eigenvalue weighted by Gasteiger charge is 2.09. The van der Waals surface area contributed by atoms with Crippen LogP contribution in [-0.2, 0) is 6.54 Å². The molecule has 0 aliphatic heterocycles. The van der Waals surface area contributed by atoms with Gasteiger partial charge in [-0.2, -0.15) is 5.26 Å². The predicted molar refractivity (Wildman–Crippen MR) is 67.9 cm³/mol. The first kappa shape index (κ1) is 11.6. The zero-order valence-electron chi connectivity index (χ0n) is 9.71.